The first kappa shape index (κ1) is 32.4. The molecule has 12 heteroatoms. The van der Waals surface area contributed by atoms with Crippen molar-refractivity contribution in [1.29, 1.82) is 5.26 Å². The monoisotopic (exact) mass is 686 g/mol. The summed E-state index contributed by atoms with van der Waals surface area (Å²) in [5, 5.41) is 20.7. The third kappa shape index (κ3) is 5.45. The zero-order chi connectivity index (χ0) is 34.3. The average Bonchev–Trinajstić information content (AvgIpc) is 3.44. The number of aromatic nitrogens is 1. The van der Waals surface area contributed by atoms with Gasteiger partial charge in [-0.15, -0.1) is 0 Å². The highest BCUT2D eigenvalue weighted by molar-refractivity contribution is 7.90. The van der Waals surface area contributed by atoms with E-state index in [1.807, 2.05) is 0 Å². The summed E-state index contributed by atoms with van der Waals surface area (Å²) in [4.78, 5) is 11.8. The molecular weight excluding hydrogens is 665 g/mol. The van der Waals surface area contributed by atoms with Gasteiger partial charge in [0.25, 0.3) is 16.4 Å². The molecule has 1 aromatic heterocycles. The minimum atomic E-state index is -4.57. The second kappa shape index (κ2) is 12.6. The standard InChI is InChI=1S/C36H22ClF3N2O5S/c1-47-36(44)28-15-14-27(32(37)34(28)43)21-6-4-7-22(17-21)33-31(26-8-3-2-5-23(26)19-41)29-18-24(38)11-16-30(29)42(33)48(45,46)25-12-9-20(10-13-25)35(39)40/h2-18,35,43H,1H3. The quantitative estimate of drug-likeness (QED) is 0.168. The van der Waals surface area contributed by atoms with Crippen molar-refractivity contribution in [2.45, 2.75) is 11.3 Å². The molecule has 1 N–H and O–H groups in total. The van der Waals surface area contributed by atoms with Crippen molar-refractivity contribution in [1.82, 2.24) is 3.97 Å². The zero-order valence-corrected chi connectivity index (χ0v) is 26.4. The van der Waals surface area contributed by atoms with Crippen LogP contribution in [0, 0.1) is 17.1 Å². The number of nitrogens with zero attached hydrogens (tertiary/aromatic N) is 2. The van der Waals surface area contributed by atoms with Crippen LogP contribution in [0.5, 0.6) is 5.75 Å². The van der Waals surface area contributed by atoms with Crippen molar-refractivity contribution in [3.8, 4) is 45.3 Å². The second-order valence-corrected chi connectivity index (χ2v) is 12.7. The number of phenols is 1. The van der Waals surface area contributed by atoms with Crippen LogP contribution in [0.15, 0.2) is 108 Å². The minimum Gasteiger partial charge on any atom is -0.505 e. The first-order valence-corrected chi connectivity index (χ1v) is 16.0. The molecule has 240 valence electrons. The summed E-state index contributed by atoms with van der Waals surface area (Å²) in [7, 11) is -3.41. The largest absolute Gasteiger partial charge is 0.505 e. The zero-order valence-electron chi connectivity index (χ0n) is 24.8. The van der Waals surface area contributed by atoms with Gasteiger partial charge in [0.2, 0.25) is 0 Å². The molecule has 0 unspecified atom stereocenters. The van der Waals surface area contributed by atoms with Gasteiger partial charge < -0.3 is 9.84 Å². The Morgan fingerprint density at radius 3 is 2.31 bits per heavy atom. The molecule has 1 heterocycles. The molecular formula is C36H22ClF3N2O5S. The molecule has 0 aliphatic carbocycles. The summed E-state index contributed by atoms with van der Waals surface area (Å²) >= 11 is 6.51. The van der Waals surface area contributed by atoms with Gasteiger partial charge in [-0.1, -0.05) is 66.2 Å². The molecule has 7 nitrogen and oxygen atoms in total. The number of esters is 1. The van der Waals surface area contributed by atoms with Crippen molar-refractivity contribution < 1.29 is 36.2 Å². The lowest BCUT2D eigenvalue weighted by atomic mass is 9.93. The number of carbonyl (C=O) groups excluding carboxylic acids is 1. The summed E-state index contributed by atoms with van der Waals surface area (Å²) in [6, 6.07) is 25.6. The molecule has 0 aliphatic heterocycles. The number of hydrogen-bond acceptors (Lipinski definition) is 6. The number of aromatic hydroxyl groups is 1. The number of hydrogen-bond donors (Lipinski definition) is 1. The van der Waals surface area contributed by atoms with Crippen molar-refractivity contribution in [2.24, 2.45) is 0 Å². The van der Waals surface area contributed by atoms with Gasteiger partial charge in [-0.2, -0.15) is 5.26 Å². The fraction of sp³-hybridized carbons (Fsp3) is 0.0556. The Morgan fingerprint density at radius 2 is 1.62 bits per heavy atom. The molecule has 0 bridgehead atoms. The van der Waals surface area contributed by atoms with E-state index in [4.69, 9.17) is 16.3 Å². The Hall–Kier alpha value is -5.57. The molecule has 0 amide bonds. The Balaban J connectivity index is 1.71. The fourth-order valence-corrected chi connectivity index (χ4v) is 7.42. The lowest BCUT2D eigenvalue weighted by Crippen LogP contribution is -2.14. The van der Waals surface area contributed by atoms with E-state index in [0.717, 1.165) is 41.4 Å². The van der Waals surface area contributed by atoms with E-state index in [-0.39, 0.29) is 54.3 Å². The number of phenolic OH excluding ortho intramolecular Hbond substituents is 1. The second-order valence-electron chi connectivity index (χ2n) is 10.6. The van der Waals surface area contributed by atoms with Crippen LogP contribution >= 0.6 is 11.6 Å². The predicted molar refractivity (Wildman–Crippen MR) is 175 cm³/mol. The molecule has 48 heavy (non-hydrogen) atoms. The molecule has 0 fully saturated rings. The summed E-state index contributed by atoms with van der Waals surface area (Å²) in [5.41, 5.74) is 1.28. The predicted octanol–water partition coefficient (Wildman–Crippen LogP) is 8.97. The summed E-state index contributed by atoms with van der Waals surface area (Å²) in [6.45, 7) is 0. The van der Waals surface area contributed by atoms with E-state index in [0.29, 0.717) is 16.7 Å². The first-order valence-electron chi connectivity index (χ1n) is 14.2. The maximum absolute atomic E-state index is 14.9. The molecule has 0 radical (unpaired) electrons. The molecule has 5 aromatic carbocycles. The van der Waals surface area contributed by atoms with Crippen LogP contribution in [0.3, 0.4) is 0 Å². The summed E-state index contributed by atoms with van der Waals surface area (Å²) in [5.74, 6) is -1.99. The Bertz CT molecular complexity index is 2400. The number of halogens is 4. The molecule has 0 saturated carbocycles. The van der Waals surface area contributed by atoms with Gasteiger partial charge in [0.15, 0.2) is 0 Å². The molecule has 6 aromatic rings. The van der Waals surface area contributed by atoms with Gasteiger partial charge in [0.05, 0.1) is 39.9 Å². The number of ether oxygens (including phenoxy) is 1. The highest BCUT2D eigenvalue weighted by Gasteiger charge is 2.30. The van der Waals surface area contributed by atoms with E-state index in [1.54, 1.807) is 48.5 Å². The number of carbonyl (C=O) groups is 1. The Morgan fingerprint density at radius 1 is 0.917 bits per heavy atom. The summed E-state index contributed by atoms with van der Waals surface area (Å²) in [6.07, 6.45) is -2.82. The van der Waals surface area contributed by atoms with Crippen LogP contribution in [-0.4, -0.2) is 30.6 Å². The highest BCUT2D eigenvalue weighted by atomic mass is 35.5. The number of alkyl halides is 2. The number of rotatable bonds is 7. The van der Waals surface area contributed by atoms with Gasteiger partial charge in [-0.05, 0) is 54.1 Å². The smallest absolute Gasteiger partial charge is 0.341 e. The minimum absolute atomic E-state index is 0.0459. The fourth-order valence-electron chi connectivity index (χ4n) is 5.60. The van der Waals surface area contributed by atoms with Crippen molar-refractivity contribution in [2.75, 3.05) is 7.11 Å². The number of nitriles is 1. The van der Waals surface area contributed by atoms with Gasteiger partial charge in [0.1, 0.15) is 17.1 Å². The van der Waals surface area contributed by atoms with E-state index >= 15 is 0 Å². The maximum atomic E-state index is 14.9. The van der Waals surface area contributed by atoms with Crippen LogP contribution < -0.4 is 0 Å². The highest BCUT2D eigenvalue weighted by Crippen LogP contribution is 2.46. The Kier molecular flexibility index (Phi) is 8.47. The molecule has 0 saturated heterocycles. The molecule has 0 spiro atoms. The SMILES string of the molecule is COC(=O)c1ccc(-c2cccc(-c3c(-c4ccccc4C#N)c4cc(F)ccc4n3S(=O)(=O)c3ccc(C(F)F)cc3)c2)c(Cl)c1O. The van der Waals surface area contributed by atoms with Gasteiger partial charge in [-0.3, -0.25) is 0 Å². The first-order chi connectivity index (χ1) is 23.0. The van der Waals surface area contributed by atoms with E-state index in [9.17, 15) is 36.8 Å². The van der Waals surface area contributed by atoms with Crippen LogP contribution in [-0.2, 0) is 14.8 Å². The van der Waals surface area contributed by atoms with Gasteiger partial charge in [-0.25, -0.2) is 30.4 Å². The van der Waals surface area contributed by atoms with Gasteiger partial charge >= 0.3 is 5.97 Å². The topological polar surface area (TPSA) is 109 Å². The van der Waals surface area contributed by atoms with Crippen molar-refractivity contribution >= 4 is 38.5 Å². The number of methoxy groups -OCH3 is 1. The normalized spacial score (nSPS) is 11.5. The van der Waals surface area contributed by atoms with Crippen molar-refractivity contribution in [3.05, 3.63) is 131 Å². The van der Waals surface area contributed by atoms with Gasteiger partial charge in [0, 0.05) is 33.2 Å². The van der Waals surface area contributed by atoms with Crippen LogP contribution in [0.25, 0.3) is 44.4 Å². The van der Waals surface area contributed by atoms with Crippen LogP contribution in [0.4, 0.5) is 13.2 Å². The van der Waals surface area contributed by atoms with Crippen LogP contribution in [0.2, 0.25) is 5.02 Å². The Labute approximate surface area is 277 Å². The third-order valence-electron chi connectivity index (χ3n) is 7.84. The van der Waals surface area contributed by atoms with E-state index < -0.39 is 34.0 Å². The van der Waals surface area contributed by atoms with Crippen LogP contribution in [0.1, 0.15) is 27.9 Å². The molecule has 6 rings (SSSR count). The third-order valence-corrected chi connectivity index (χ3v) is 9.95. The number of fused-ring (bicyclic) bond motifs is 1. The van der Waals surface area contributed by atoms with E-state index in [2.05, 4.69) is 6.07 Å². The molecule has 0 atom stereocenters. The lowest BCUT2D eigenvalue weighted by Gasteiger charge is -2.16. The average molecular weight is 687 g/mol. The van der Waals surface area contributed by atoms with E-state index in [1.165, 1.54) is 24.3 Å². The lowest BCUT2D eigenvalue weighted by molar-refractivity contribution is 0.0597. The number of benzene rings is 5. The van der Waals surface area contributed by atoms with Crippen molar-refractivity contribution in [3.63, 3.8) is 0 Å². The molecule has 0 aliphatic rings. The maximum Gasteiger partial charge on any atom is 0.341 e. The summed E-state index contributed by atoms with van der Waals surface area (Å²) < 4.78 is 76.4.